The van der Waals surface area contributed by atoms with Crippen molar-refractivity contribution in [3.63, 3.8) is 0 Å². The Bertz CT molecular complexity index is 395. The van der Waals surface area contributed by atoms with Crippen molar-refractivity contribution in [1.82, 2.24) is 15.0 Å². The van der Waals surface area contributed by atoms with Gasteiger partial charge in [-0.05, 0) is 6.07 Å². The van der Waals surface area contributed by atoms with Crippen molar-refractivity contribution in [2.24, 2.45) is 0 Å². The number of imidazole rings is 1. The largest absolute Gasteiger partial charge is 0.384 e. The minimum atomic E-state index is 0.514. The van der Waals surface area contributed by atoms with E-state index in [0.29, 0.717) is 12.4 Å². The average molecular weight is 189 g/mol. The number of anilines is 2. The summed E-state index contributed by atoms with van der Waals surface area (Å²) >= 11 is 0. The molecule has 0 unspecified atom stereocenters. The number of nitrogens with zero attached hydrogens (tertiary/aromatic N) is 2. The second kappa shape index (κ2) is 3.78. The Hall–Kier alpha value is -2.04. The number of aromatic nitrogens is 3. The van der Waals surface area contributed by atoms with Crippen LogP contribution in [-0.2, 0) is 6.54 Å². The molecule has 2 aromatic rings. The summed E-state index contributed by atoms with van der Waals surface area (Å²) in [6.45, 7) is 0.698. The first-order chi connectivity index (χ1) is 6.84. The van der Waals surface area contributed by atoms with Gasteiger partial charge in [-0.3, -0.25) is 0 Å². The minimum absolute atomic E-state index is 0.514. The molecule has 0 spiro atoms. The highest BCUT2D eigenvalue weighted by Gasteiger charge is 1.95. The Morgan fingerprint density at radius 3 is 3.14 bits per heavy atom. The first kappa shape index (κ1) is 8.55. The Kier molecular flexibility index (Phi) is 2.31. The Morgan fingerprint density at radius 2 is 2.43 bits per heavy atom. The summed E-state index contributed by atoms with van der Waals surface area (Å²) in [7, 11) is 0. The van der Waals surface area contributed by atoms with Gasteiger partial charge in [-0.2, -0.15) is 0 Å². The maximum Gasteiger partial charge on any atom is 0.125 e. The molecule has 0 aliphatic carbocycles. The van der Waals surface area contributed by atoms with Gasteiger partial charge in [-0.25, -0.2) is 9.97 Å². The molecule has 0 atom stereocenters. The molecule has 2 rings (SSSR count). The first-order valence-electron chi connectivity index (χ1n) is 4.27. The summed E-state index contributed by atoms with van der Waals surface area (Å²) in [5, 5.41) is 3.20. The van der Waals surface area contributed by atoms with Crippen LogP contribution in [0.1, 0.15) is 5.69 Å². The van der Waals surface area contributed by atoms with Gasteiger partial charge in [0.2, 0.25) is 0 Å². The highest BCUT2D eigenvalue weighted by atomic mass is 14.9. The third-order valence-electron chi connectivity index (χ3n) is 1.82. The molecule has 4 N–H and O–H groups in total. The lowest BCUT2D eigenvalue weighted by Crippen LogP contribution is -2.00. The zero-order valence-corrected chi connectivity index (χ0v) is 7.57. The highest BCUT2D eigenvalue weighted by molar-refractivity contribution is 5.49. The number of nitrogens with one attached hydrogen (secondary N) is 2. The van der Waals surface area contributed by atoms with E-state index in [9.17, 15) is 0 Å². The summed E-state index contributed by atoms with van der Waals surface area (Å²) < 4.78 is 0. The van der Waals surface area contributed by atoms with Crippen LogP contribution in [0.5, 0.6) is 0 Å². The zero-order valence-electron chi connectivity index (χ0n) is 7.57. The molecule has 2 heterocycles. The van der Waals surface area contributed by atoms with Crippen LogP contribution in [0.4, 0.5) is 11.5 Å². The normalized spacial score (nSPS) is 10.0. The molecule has 0 amide bonds. The fourth-order valence-corrected chi connectivity index (χ4v) is 1.14. The molecule has 0 fully saturated rings. The third kappa shape index (κ3) is 2.01. The second-order valence-electron chi connectivity index (χ2n) is 2.90. The SMILES string of the molecule is Nc1cc(NCc2cnc[nH]2)ccn1. The predicted octanol–water partition coefficient (Wildman–Crippen LogP) is 0.999. The van der Waals surface area contributed by atoms with Gasteiger partial charge in [0.25, 0.3) is 0 Å². The number of nitrogen functional groups attached to an aromatic ring is 1. The highest BCUT2D eigenvalue weighted by Crippen LogP contribution is 2.09. The minimum Gasteiger partial charge on any atom is -0.384 e. The summed E-state index contributed by atoms with van der Waals surface area (Å²) in [6, 6.07) is 3.66. The fourth-order valence-electron chi connectivity index (χ4n) is 1.14. The third-order valence-corrected chi connectivity index (χ3v) is 1.82. The van der Waals surface area contributed by atoms with E-state index < -0.39 is 0 Å². The van der Waals surface area contributed by atoms with Crippen molar-refractivity contribution in [3.8, 4) is 0 Å². The smallest absolute Gasteiger partial charge is 0.125 e. The van der Waals surface area contributed by atoms with E-state index in [1.165, 1.54) is 0 Å². The molecule has 2 aromatic heterocycles. The van der Waals surface area contributed by atoms with Gasteiger partial charge in [0, 0.05) is 24.1 Å². The van der Waals surface area contributed by atoms with E-state index in [0.717, 1.165) is 11.4 Å². The van der Waals surface area contributed by atoms with E-state index in [1.807, 2.05) is 6.07 Å². The molecule has 14 heavy (non-hydrogen) atoms. The van der Waals surface area contributed by atoms with Crippen LogP contribution in [0.25, 0.3) is 0 Å². The van der Waals surface area contributed by atoms with Crippen molar-refractivity contribution in [2.45, 2.75) is 6.54 Å². The van der Waals surface area contributed by atoms with Gasteiger partial charge in [0.05, 0.1) is 18.6 Å². The molecule has 0 aliphatic rings. The van der Waals surface area contributed by atoms with Crippen LogP contribution in [0, 0.1) is 0 Å². The first-order valence-corrected chi connectivity index (χ1v) is 4.27. The van der Waals surface area contributed by atoms with Crippen LogP contribution < -0.4 is 11.1 Å². The molecule has 0 bridgehead atoms. The van der Waals surface area contributed by atoms with Crippen molar-refractivity contribution in [2.75, 3.05) is 11.1 Å². The van der Waals surface area contributed by atoms with Gasteiger partial charge in [-0.15, -0.1) is 0 Å². The molecule has 0 radical (unpaired) electrons. The standard InChI is InChI=1S/C9H11N5/c10-9-3-7(1-2-12-9)13-5-8-4-11-6-14-8/h1-4,6H,5H2,(H,11,14)(H3,10,12,13). The maximum atomic E-state index is 5.54. The summed E-state index contributed by atoms with van der Waals surface area (Å²) in [5.74, 6) is 0.514. The lowest BCUT2D eigenvalue weighted by molar-refractivity contribution is 1.07. The lowest BCUT2D eigenvalue weighted by atomic mass is 10.3. The zero-order chi connectivity index (χ0) is 9.80. The van der Waals surface area contributed by atoms with E-state index in [1.54, 1.807) is 24.8 Å². The van der Waals surface area contributed by atoms with E-state index >= 15 is 0 Å². The van der Waals surface area contributed by atoms with E-state index in [-0.39, 0.29) is 0 Å². The molecule has 72 valence electrons. The summed E-state index contributed by atoms with van der Waals surface area (Å²) in [5.41, 5.74) is 7.52. The molecule has 0 saturated carbocycles. The molecule has 5 nitrogen and oxygen atoms in total. The molecule has 0 aliphatic heterocycles. The molecule has 5 heteroatoms. The van der Waals surface area contributed by atoms with Crippen LogP contribution >= 0.6 is 0 Å². The quantitative estimate of drug-likeness (QED) is 0.673. The van der Waals surface area contributed by atoms with Crippen LogP contribution in [-0.4, -0.2) is 15.0 Å². The van der Waals surface area contributed by atoms with E-state index in [4.69, 9.17) is 5.73 Å². The summed E-state index contributed by atoms with van der Waals surface area (Å²) in [6.07, 6.45) is 5.10. The number of H-pyrrole nitrogens is 1. The number of rotatable bonds is 3. The number of pyridine rings is 1. The van der Waals surface area contributed by atoms with Crippen molar-refractivity contribution in [1.29, 1.82) is 0 Å². The van der Waals surface area contributed by atoms with Gasteiger partial charge < -0.3 is 16.0 Å². The molecule has 0 aromatic carbocycles. The number of hydrogen-bond donors (Lipinski definition) is 3. The Morgan fingerprint density at radius 1 is 1.50 bits per heavy atom. The van der Waals surface area contributed by atoms with Crippen molar-refractivity contribution < 1.29 is 0 Å². The Balaban J connectivity index is 1.98. The lowest BCUT2D eigenvalue weighted by Gasteiger charge is -2.04. The second-order valence-corrected chi connectivity index (χ2v) is 2.90. The monoisotopic (exact) mass is 189 g/mol. The summed E-state index contributed by atoms with van der Waals surface area (Å²) in [4.78, 5) is 10.8. The molecular formula is C9H11N5. The maximum absolute atomic E-state index is 5.54. The van der Waals surface area contributed by atoms with Gasteiger partial charge in [-0.1, -0.05) is 0 Å². The molecular weight excluding hydrogens is 178 g/mol. The fraction of sp³-hybridized carbons (Fsp3) is 0.111. The number of nitrogens with two attached hydrogens (primary N) is 1. The van der Waals surface area contributed by atoms with Gasteiger partial charge in [0.1, 0.15) is 5.82 Å². The molecule has 0 saturated heterocycles. The van der Waals surface area contributed by atoms with Gasteiger partial charge >= 0.3 is 0 Å². The van der Waals surface area contributed by atoms with Crippen molar-refractivity contribution >= 4 is 11.5 Å². The van der Waals surface area contributed by atoms with Gasteiger partial charge in [0.15, 0.2) is 0 Å². The van der Waals surface area contributed by atoms with Crippen LogP contribution in [0.2, 0.25) is 0 Å². The number of aromatic amines is 1. The van der Waals surface area contributed by atoms with Crippen LogP contribution in [0.15, 0.2) is 30.9 Å². The topological polar surface area (TPSA) is 79.6 Å². The Labute approximate surface area is 81.4 Å². The predicted molar refractivity (Wildman–Crippen MR) is 54.6 cm³/mol. The van der Waals surface area contributed by atoms with Crippen LogP contribution in [0.3, 0.4) is 0 Å². The van der Waals surface area contributed by atoms with E-state index in [2.05, 4.69) is 20.3 Å². The average Bonchev–Trinajstić information content (AvgIpc) is 2.67. The van der Waals surface area contributed by atoms with Crippen molar-refractivity contribution in [3.05, 3.63) is 36.5 Å². The number of hydrogen-bond acceptors (Lipinski definition) is 4.